The monoisotopic (exact) mass is 225 g/mol. The van der Waals surface area contributed by atoms with E-state index in [9.17, 15) is 13.2 Å². The largest absolute Gasteiger partial charge is 0.404 e. The number of piperazine rings is 1. The topological polar surface area (TPSA) is 32.5 Å². The lowest BCUT2D eigenvalue weighted by Crippen LogP contribution is -2.54. The number of rotatable bonds is 3. The first-order valence-corrected chi connectivity index (χ1v) is 5.14. The molecule has 0 saturated carbocycles. The van der Waals surface area contributed by atoms with Crippen molar-refractivity contribution in [2.75, 3.05) is 39.8 Å². The van der Waals surface area contributed by atoms with Crippen molar-refractivity contribution < 1.29 is 13.2 Å². The van der Waals surface area contributed by atoms with E-state index in [1.165, 1.54) is 4.90 Å². The number of hydrogen-bond acceptors (Lipinski definition) is 3. The molecule has 1 aliphatic rings. The van der Waals surface area contributed by atoms with Crippen molar-refractivity contribution in [3.05, 3.63) is 0 Å². The first kappa shape index (κ1) is 12.7. The standard InChI is InChI=1S/C9H18F3N3/c1-14-4-6-15(7-5-14)8(2-3-13)9(10,11)12/h8H,2-7,13H2,1H3. The van der Waals surface area contributed by atoms with Crippen LogP contribution in [-0.4, -0.2) is 61.8 Å². The van der Waals surface area contributed by atoms with Gasteiger partial charge >= 0.3 is 6.18 Å². The average molecular weight is 225 g/mol. The third kappa shape index (κ3) is 3.62. The number of nitrogens with zero attached hydrogens (tertiary/aromatic N) is 2. The second kappa shape index (κ2) is 5.14. The maximum Gasteiger partial charge on any atom is 0.404 e. The minimum absolute atomic E-state index is 0.00673. The molecule has 1 heterocycles. The fourth-order valence-electron chi connectivity index (χ4n) is 1.84. The number of alkyl halides is 3. The summed E-state index contributed by atoms with van der Waals surface area (Å²) in [6.07, 6.45) is -4.16. The van der Waals surface area contributed by atoms with Gasteiger partial charge in [-0.15, -0.1) is 0 Å². The van der Waals surface area contributed by atoms with Gasteiger partial charge in [0.2, 0.25) is 0 Å². The predicted octanol–water partition coefficient (Wildman–Crippen LogP) is 0.514. The molecule has 1 rings (SSSR count). The normalized spacial score (nSPS) is 23.0. The molecule has 0 radical (unpaired) electrons. The van der Waals surface area contributed by atoms with Crippen molar-refractivity contribution in [3.63, 3.8) is 0 Å². The highest BCUT2D eigenvalue weighted by Gasteiger charge is 2.43. The lowest BCUT2D eigenvalue weighted by Gasteiger charge is -2.38. The van der Waals surface area contributed by atoms with Gasteiger partial charge < -0.3 is 10.6 Å². The number of halogens is 3. The van der Waals surface area contributed by atoms with E-state index in [4.69, 9.17) is 5.73 Å². The van der Waals surface area contributed by atoms with E-state index in [0.29, 0.717) is 26.2 Å². The molecular weight excluding hydrogens is 207 g/mol. The van der Waals surface area contributed by atoms with E-state index < -0.39 is 12.2 Å². The summed E-state index contributed by atoms with van der Waals surface area (Å²) in [5, 5.41) is 0. The van der Waals surface area contributed by atoms with E-state index in [1.54, 1.807) is 0 Å². The molecule has 0 amide bonds. The van der Waals surface area contributed by atoms with Gasteiger partial charge in [-0.1, -0.05) is 0 Å². The van der Waals surface area contributed by atoms with Crippen molar-refractivity contribution >= 4 is 0 Å². The Morgan fingerprint density at radius 3 is 2.13 bits per heavy atom. The van der Waals surface area contributed by atoms with Crippen molar-refractivity contribution in [1.82, 2.24) is 9.80 Å². The van der Waals surface area contributed by atoms with Gasteiger partial charge in [-0.05, 0) is 20.0 Å². The quantitative estimate of drug-likeness (QED) is 0.759. The second-order valence-corrected chi connectivity index (χ2v) is 3.97. The Morgan fingerprint density at radius 2 is 1.73 bits per heavy atom. The van der Waals surface area contributed by atoms with Gasteiger partial charge in [0, 0.05) is 26.2 Å². The fraction of sp³-hybridized carbons (Fsp3) is 1.00. The van der Waals surface area contributed by atoms with Crippen molar-refractivity contribution in [3.8, 4) is 0 Å². The molecule has 0 bridgehead atoms. The zero-order valence-corrected chi connectivity index (χ0v) is 8.93. The third-order valence-corrected chi connectivity index (χ3v) is 2.80. The fourth-order valence-corrected chi connectivity index (χ4v) is 1.84. The van der Waals surface area contributed by atoms with Crippen LogP contribution in [0.5, 0.6) is 0 Å². The van der Waals surface area contributed by atoms with E-state index in [-0.39, 0.29) is 13.0 Å². The van der Waals surface area contributed by atoms with E-state index in [0.717, 1.165) is 0 Å². The van der Waals surface area contributed by atoms with Gasteiger partial charge in [0.15, 0.2) is 0 Å². The summed E-state index contributed by atoms with van der Waals surface area (Å²) in [4.78, 5) is 3.53. The van der Waals surface area contributed by atoms with Gasteiger partial charge in [-0.2, -0.15) is 13.2 Å². The minimum Gasteiger partial charge on any atom is -0.330 e. The first-order valence-electron chi connectivity index (χ1n) is 5.14. The van der Waals surface area contributed by atoms with Crippen LogP contribution in [0.15, 0.2) is 0 Å². The molecule has 0 aliphatic carbocycles. The molecule has 1 aliphatic heterocycles. The summed E-state index contributed by atoms with van der Waals surface area (Å²) in [7, 11) is 1.92. The molecule has 3 nitrogen and oxygen atoms in total. The lowest BCUT2D eigenvalue weighted by atomic mass is 10.1. The molecule has 1 fully saturated rings. The molecule has 0 aromatic carbocycles. The molecule has 0 spiro atoms. The summed E-state index contributed by atoms with van der Waals surface area (Å²) >= 11 is 0. The van der Waals surface area contributed by atoms with Gasteiger partial charge in [0.1, 0.15) is 6.04 Å². The third-order valence-electron chi connectivity index (χ3n) is 2.80. The van der Waals surface area contributed by atoms with E-state index in [1.807, 2.05) is 11.9 Å². The van der Waals surface area contributed by atoms with Crippen LogP contribution < -0.4 is 5.73 Å². The van der Waals surface area contributed by atoms with Gasteiger partial charge in [0.05, 0.1) is 0 Å². The van der Waals surface area contributed by atoms with Gasteiger partial charge in [-0.25, -0.2) is 0 Å². The molecule has 0 aromatic heterocycles. The smallest absolute Gasteiger partial charge is 0.330 e. The van der Waals surface area contributed by atoms with Crippen molar-refractivity contribution in [1.29, 1.82) is 0 Å². The van der Waals surface area contributed by atoms with Crippen LogP contribution in [0.4, 0.5) is 13.2 Å². The van der Waals surface area contributed by atoms with Gasteiger partial charge in [0.25, 0.3) is 0 Å². The second-order valence-electron chi connectivity index (χ2n) is 3.97. The summed E-state index contributed by atoms with van der Waals surface area (Å²) < 4.78 is 38.0. The molecule has 1 saturated heterocycles. The van der Waals surface area contributed by atoms with E-state index >= 15 is 0 Å². The zero-order valence-electron chi connectivity index (χ0n) is 8.93. The molecule has 15 heavy (non-hydrogen) atoms. The van der Waals surface area contributed by atoms with Crippen LogP contribution >= 0.6 is 0 Å². The van der Waals surface area contributed by atoms with Crippen LogP contribution in [0.25, 0.3) is 0 Å². The molecule has 2 N–H and O–H groups in total. The molecule has 90 valence electrons. The Kier molecular flexibility index (Phi) is 4.36. The number of hydrogen-bond donors (Lipinski definition) is 1. The lowest BCUT2D eigenvalue weighted by molar-refractivity contribution is -0.188. The first-order chi connectivity index (χ1) is 6.95. The molecule has 1 atom stereocenters. The SMILES string of the molecule is CN1CCN(C(CCN)C(F)(F)F)CC1. The Bertz CT molecular complexity index is 188. The maximum absolute atomic E-state index is 12.7. The predicted molar refractivity (Wildman–Crippen MR) is 52.6 cm³/mol. The van der Waals surface area contributed by atoms with Crippen molar-refractivity contribution in [2.45, 2.75) is 18.6 Å². The van der Waals surface area contributed by atoms with Crippen LogP contribution in [0.3, 0.4) is 0 Å². The zero-order chi connectivity index (χ0) is 11.5. The highest BCUT2D eigenvalue weighted by atomic mass is 19.4. The Hall–Kier alpha value is -0.330. The summed E-state index contributed by atoms with van der Waals surface area (Å²) in [5.74, 6) is 0. The Balaban J connectivity index is 2.56. The van der Waals surface area contributed by atoms with Crippen LogP contribution in [0, 0.1) is 0 Å². The van der Waals surface area contributed by atoms with Crippen LogP contribution in [0.2, 0.25) is 0 Å². The maximum atomic E-state index is 12.7. The highest BCUT2D eigenvalue weighted by molar-refractivity contribution is 4.82. The number of likely N-dealkylation sites (N-methyl/N-ethyl adjacent to an activating group) is 1. The Morgan fingerprint density at radius 1 is 1.20 bits per heavy atom. The summed E-state index contributed by atoms with van der Waals surface area (Å²) in [5.41, 5.74) is 5.22. The van der Waals surface area contributed by atoms with Crippen LogP contribution in [-0.2, 0) is 0 Å². The highest BCUT2D eigenvalue weighted by Crippen LogP contribution is 2.27. The molecule has 6 heteroatoms. The minimum atomic E-state index is -4.16. The molecule has 1 unspecified atom stereocenters. The van der Waals surface area contributed by atoms with Crippen molar-refractivity contribution in [2.24, 2.45) is 5.73 Å². The van der Waals surface area contributed by atoms with E-state index in [2.05, 4.69) is 0 Å². The van der Waals surface area contributed by atoms with Crippen LogP contribution in [0.1, 0.15) is 6.42 Å². The molecule has 0 aromatic rings. The molecular formula is C9H18F3N3. The summed E-state index contributed by atoms with van der Waals surface area (Å²) in [6, 6.07) is -1.36. The summed E-state index contributed by atoms with van der Waals surface area (Å²) in [6.45, 7) is 2.41. The number of nitrogens with two attached hydrogens (primary N) is 1. The average Bonchev–Trinajstić information content (AvgIpc) is 2.14. The van der Waals surface area contributed by atoms with Gasteiger partial charge in [-0.3, -0.25) is 4.90 Å². The Labute approximate surface area is 88.0 Å².